The van der Waals surface area contributed by atoms with Gasteiger partial charge in [-0.1, -0.05) is 0 Å². The molecule has 2 aromatic carbocycles. The summed E-state index contributed by atoms with van der Waals surface area (Å²) in [6.07, 6.45) is 1.37. The van der Waals surface area contributed by atoms with Crippen molar-refractivity contribution in [3.63, 3.8) is 0 Å². The average Bonchev–Trinajstić information content (AvgIpc) is 2.74. The fraction of sp³-hybridized carbons (Fsp3) is 0. The van der Waals surface area contributed by atoms with Crippen LogP contribution < -0.4 is 3.07 Å². The Balaban J connectivity index is 1.77. The summed E-state index contributed by atoms with van der Waals surface area (Å²) in [4.78, 5) is 24.2. The Morgan fingerprint density at radius 3 is 1.95 bits per heavy atom. The number of carbonyl (C=O) groups excluding carboxylic acids is 2. The Hall–Kier alpha value is -1.74. The molecule has 0 saturated carbocycles. The van der Waals surface area contributed by atoms with Crippen molar-refractivity contribution in [1.29, 1.82) is 0 Å². The molecule has 0 fully saturated rings. The van der Waals surface area contributed by atoms with Crippen LogP contribution >= 0.6 is 0 Å². The van der Waals surface area contributed by atoms with Crippen LogP contribution in [0.25, 0.3) is 0 Å². The number of benzene rings is 2. The standard InChI is InChI=1S/C10H6O3.C6H5.Hg/c11-5-8-9(12)6-3-1-2-4-7(6)10(8)13;1-2-4-6-5-3-1;/h1-5,11H;1-5H;/q;;+1/p-1. The molecule has 20 heavy (non-hydrogen) atoms. The molecule has 1 aliphatic carbocycles. The summed E-state index contributed by atoms with van der Waals surface area (Å²) >= 11 is -1.73. The number of carbonyl (C=O) groups is 2. The number of ketones is 2. The van der Waals surface area contributed by atoms with Crippen molar-refractivity contribution in [2.24, 2.45) is 0 Å². The number of hydrogen-bond donors (Lipinski definition) is 0. The number of Topliss-reactive ketones (excluding diaryl/α,β-unsaturated/α-hetero) is 2. The van der Waals surface area contributed by atoms with Crippen LogP contribution in [0.1, 0.15) is 20.7 Å². The molecule has 0 N–H and O–H groups in total. The van der Waals surface area contributed by atoms with Crippen molar-refractivity contribution in [3.05, 3.63) is 77.6 Å². The predicted octanol–water partition coefficient (Wildman–Crippen LogP) is 2.29. The fourth-order valence-corrected chi connectivity index (χ4v) is 5.70. The van der Waals surface area contributed by atoms with Gasteiger partial charge in [-0.05, 0) is 0 Å². The number of rotatable bonds is 3. The average molecular weight is 451 g/mol. The minimum atomic E-state index is -1.73. The zero-order valence-corrected chi connectivity index (χ0v) is 16.2. The van der Waals surface area contributed by atoms with E-state index in [1.807, 2.05) is 30.3 Å². The first-order valence-electron chi connectivity index (χ1n) is 6.31. The van der Waals surface area contributed by atoms with Crippen LogP contribution in [-0.2, 0) is 27.7 Å². The number of hydrogen-bond acceptors (Lipinski definition) is 3. The van der Waals surface area contributed by atoms with Gasteiger partial charge < -0.3 is 0 Å². The molecule has 0 aromatic heterocycles. The van der Waals surface area contributed by atoms with E-state index in [2.05, 4.69) is 0 Å². The van der Waals surface area contributed by atoms with Crippen LogP contribution in [0.4, 0.5) is 0 Å². The molecule has 0 spiro atoms. The first kappa shape index (κ1) is 13.2. The number of fused-ring (bicyclic) bond motifs is 1. The maximum absolute atomic E-state index is 12.1. The first-order chi connectivity index (χ1) is 9.77. The second-order valence-electron chi connectivity index (χ2n) is 4.53. The zero-order valence-electron chi connectivity index (χ0n) is 10.7. The van der Waals surface area contributed by atoms with Crippen LogP contribution in [0.2, 0.25) is 0 Å². The third kappa shape index (κ3) is 2.45. The summed E-state index contributed by atoms with van der Waals surface area (Å²) in [6.45, 7) is 0. The second-order valence-corrected chi connectivity index (χ2v) is 10.1. The summed E-state index contributed by atoms with van der Waals surface area (Å²) in [5.74, 6) is -0.459. The van der Waals surface area contributed by atoms with Gasteiger partial charge in [0.2, 0.25) is 0 Å². The molecule has 94 valence electrons. The van der Waals surface area contributed by atoms with E-state index in [9.17, 15) is 9.59 Å². The van der Waals surface area contributed by atoms with Gasteiger partial charge >= 0.3 is 129 Å². The van der Waals surface area contributed by atoms with Gasteiger partial charge in [0.1, 0.15) is 0 Å². The van der Waals surface area contributed by atoms with Gasteiger partial charge in [-0.15, -0.1) is 0 Å². The third-order valence-corrected chi connectivity index (χ3v) is 7.62. The molecular formula is C16H10HgO3. The summed E-state index contributed by atoms with van der Waals surface area (Å²) in [6, 6.07) is 16.8. The van der Waals surface area contributed by atoms with E-state index >= 15 is 0 Å². The van der Waals surface area contributed by atoms with Crippen molar-refractivity contribution in [2.45, 2.75) is 0 Å². The van der Waals surface area contributed by atoms with Gasteiger partial charge in [-0.3, -0.25) is 0 Å². The molecule has 1 aliphatic rings. The first-order valence-corrected chi connectivity index (χ1v) is 11.3. The van der Waals surface area contributed by atoms with Crippen molar-refractivity contribution < 1.29 is 37.3 Å². The quantitative estimate of drug-likeness (QED) is 0.312. The summed E-state index contributed by atoms with van der Waals surface area (Å²) in [7, 11) is 0. The third-order valence-electron chi connectivity index (χ3n) is 3.20. The van der Waals surface area contributed by atoms with Gasteiger partial charge in [0, 0.05) is 0 Å². The predicted molar refractivity (Wildman–Crippen MR) is 70.3 cm³/mol. The Kier molecular flexibility index (Phi) is 3.78. The molecule has 3 nitrogen and oxygen atoms in total. The van der Waals surface area contributed by atoms with E-state index in [1.165, 1.54) is 9.33 Å². The van der Waals surface area contributed by atoms with Gasteiger partial charge in [-0.2, -0.15) is 0 Å². The topological polar surface area (TPSA) is 43.4 Å². The molecule has 2 aromatic rings. The maximum atomic E-state index is 12.1. The molecule has 0 amide bonds. The number of allylic oxidation sites excluding steroid dienone is 1. The van der Waals surface area contributed by atoms with Gasteiger partial charge in [-0.25, -0.2) is 0 Å². The van der Waals surface area contributed by atoms with E-state index < -0.39 is 25.0 Å². The van der Waals surface area contributed by atoms with Crippen LogP contribution in [0, 0.1) is 0 Å². The summed E-state index contributed by atoms with van der Waals surface area (Å²) in [5, 5.41) is 0. The van der Waals surface area contributed by atoms with Gasteiger partial charge in [0.15, 0.2) is 0 Å². The SMILES string of the molecule is O=C1C(=C[O][Hg][c]2ccccc2)C(=O)c2ccccc21. The fourth-order valence-electron chi connectivity index (χ4n) is 2.17. The Bertz CT molecular complexity index is 668. The summed E-state index contributed by atoms with van der Waals surface area (Å²) < 4.78 is 6.80. The zero-order chi connectivity index (χ0) is 13.9. The Morgan fingerprint density at radius 1 is 0.800 bits per heavy atom. The molecule has 0 atom stereocenters. The molecule has 0 radical (unpaired) electrons. The van der Waals surface area contributed by atoms with Crippen LogP contribution in [0.15, 0.2) is 66.4 Å². The molecule has 0 heterocycles. The molecular weight excluding hydrogens is 441 g/mol. The monoisotopic (exact) mass is 452 g/mol. The normalized spacial score (nSPS) is 12.9. The van der Waals surface area contributed by atoms with E-state index in [-0.39, 0.29) is 17.1 Å². The molecule has 3 rings (SSSR count). The Labute approximate surface area is 129 Å². The van der Waals surface area contributed by atoms with Crippen molar-refractivity contribution >= 4 is 14.6 Å². The van der Waals surface area contributed by atoms with E-state index in [4.69, 9.17) is 2.64 Å². The molecule has 0 unspecified atom stereocenters. The van der Waals surface area contributed by atoms with Crippen LogP contribution in [0.3, 0.4) is 0 Å². The van der Waals surface area contributed by atoms with Gasteiger partial charge in [0.05, 0.1) is 0 Å². The molecule has 4 heteroatoms. The Morgan fingerprint density at radius 2 is 1.35 bits per heavy atom. The summed E-state index contributed by atoms with van der Waals surface area (Å²) in [5.41, 5.74) is 1.11. The van der Waals surface area contributed by atoms with Crippen LogP contribution in [-0.4, -0.2) is 11.6 Å². The van der Waals surface area contributed by atoms with Crippen molar-refractivity contribution in [2.75, 3.05) is 0 Å². The minimum absolute atomic E-state index is 0.155. The molecule has 0 aliphatic heterocycles. The van der Waals surface area contributed by atoms with E-state index in [0.29, 0.717) is 11.1 Å². The van der Waals surface area contributed by atoms with Crippen molar-refractivity contribution in [1.82, 2.24) is 0 Å². The molecule has 0 bridgehead atoms. The van der Waals surface area contributed by atoms with Gasteiger partial charge in [0.25, 0.3) is 0 Å². The van der Waals surface area contributed by atoms with E-state index in [1.54, 1.807) is 24.3 Å². The second kappa shape index (κ2) is 5.71. The van der Waals surface area contributed by atoms with Crippen LogP contribution in [0.5, 0.6) is 0 Å². The van der Waals surface area contributed by atoms with E-state index in [0.717, 1.165) is 0 Å². The van der Waals surface area contributed by atoms with Crippen molar-refractivity contribution in [3.8, 4) is 0 Å². The molecule has 0 saturated heterocycles.